The lowest BCUT2D eigenvalue weighted by molar-refractivity contribution is 0.624. The predicted molar refractivity (Wildman–Crippen MR) is 77.2 cm³/mol. The van der Waals surface area contributed by atoms with Gasteiger partial charge in [-0.2, -0.15) is 5.26 Å². The topological polar surface area (TPSA) is 28.7 Å². The van der Waals surface area contributed by atoms with E-state index in [-0.39, 0.29) is 5.82 Å². The van der Waals surface area contributed by atoms with Gasteiger partial charge in [0, 0.05) is 11.9 Å². The number of hydrogen-bond donors (Lipinski definition) is 0. The molecule has 3 aromatic rings. The van der Waals surface area contributed by atoms with Crippen molar-refractivity contribution in [3.63, 3.8) is 0 Å². The van der Waals surface area contributed by atoms with Gasteiger partial charge < -0.3 is 4.57 Å². The molecule has 2 aromatic carbocycles. The van der Waals surface area contributed by atoms with Gasteiger partial charge in [0.2, 0.25) is 0 Å². The predicted octanol–water partition coefficient (Wildman–Crippen LogP) is 4.35. The van der Waals surface area contributed by atoms with E-state index < -0.39 is 0 Å². The number of nitrogens with zero attached hydrogens (tertiary/aromatic N) is 2. The normalized spacial score (nSPS) is 10.7. The van der Waals surface area contributed by atoms with Crippen LogP contribution in [0.3, 0.4) is 0 Å². The number of rotatable bonds is 2. The van der Waals surface area contributed by atoms with Crippen LogP contribution in [0.4, 0.5) is 4.39 Å². The summed E-state index contributed by atoms with van der Waals surface area (Å²) in [5.41, 5.74) is 2.13. The van der Waals surface area contributed by atoms with E-state index >= 15 is 0 Å². The Morgan fingerprint density at radius 1 is 1.15 bits per heavy atom. The minimum atomic E-state index is -0.282. The Bertz CT molecular complexity index is 830. The lowest BCUT2D eigenvalue weighted by atomic mass is 10.2. The van der Waals surface area contributed by atoms with Crippen LogP contribution in [0, 0.1) is 17.1 Å². The lowest BCUT2D eigenvalue weighted by Gasteiger charge is -2.07. The molecule has 0 fully saturated rings. The van der Waals surface area contributed by atoms with E-state index in [4.69, 9.17) is 11.6 Å². The zero-order valence-corrected chi connectivity index (χ0v) is 11.2. The molecule has 0 saturated heterocycles. The first-order valence-corrected chi connectivity index (χ1v) is 6.50. The average molecular weight is 285 g/mol. The summed E-state index contributed by atoms with van der Waals surface area (Å²) in [6.07, 6.45) is 0. The van der Waals surface area contributed by atoms with Crippen LogP contribution < -0.4 is 0 Å². The minimum Gasteiger partial charge on any atom is -0.326 e. The lowest BCUT2D eigenvalue weighted by Crippen LogP contribution is -2.00. The molecule has 0 aliphatic heterocycles. The van der Waals surface area contributed by atoms with E-state index in [2.05, 4.69) is 6.07 Å². The summed E-state index contributed by atoms with van der Waals surface area (Å²) in [6.45, 7) is 0.429. The van der Waals surface area contributed by atoms with Crippen molar-refractivity contribution in [1.82, 2.24) is 4.57 Å². The van der Waals surface area contributed by atoms with E-state index in [1.54, 1.807) is 6.07 Å². The van der Waals surface area contributed by atoms with Crippen LogP contribution in [-0.2, 0) is 6.54 Å². The highest BCUT2D eigenvalue weighted by atomic mass is 35.5. The van der Waals surface area contributed by atoms with E-state index in [1.807, 2.05) is 34.9 Å². The fourth-order valence-electron chi connectivity index (χ4n) is 2.35. The number of fused-ring (bicyclic) bond motifs is 1. The second-order valence-electron chi connectivity index (χ2n) is 4.51. The van der Waals surface area contributed by atoms with Crippen molar-refractivity contribution in [2.45, 2.75) is 6.54 Å². The number of aromatic nitrogens is 1. The molecule has 0 N–H and O–H groups in total. The molecule has 2 nitrogen and oxygen atoms in total. The van der Waals surface area contributed by atoms with Crippen LogP contribution in [0.1, 0.15) is 11.1 Å². The van der Waals surface area contributed by atoms with Gasteiger partial charge in [-0.1, -0.05) is 41.9 Å². The van der Waals surface area contributed by atoms with Crippen molar-refractivity contribution in [2.75, 3.05) is 0 Å². The Labute approximate surface area is 120 Å². The van der Waals surface area contributed by atoms with Crippen LogP contribution in [-0.4, -0.2) is 4.57 Å². The maximum atomic E-state index is 13.3. The molecule has 0 amide bonds. The first-order chi connectivity index (χ1) is 9.70. The molecule has 0 spiro atoms. The van der Waals surface area contributed by atoms with Crippen LogP contribution in [0.25, 0.3) is 10.9 Å². The van der Waals surface area contributed by atoms with E-state index in [0.717, 1.165) is 16.5 Å². The van der Waals surface area contributed by atoms with Gasteiger partial charge in [0.05, 0.1) is 11.1 Å². The summed E-state index contributed by atoms with van der Waals surface area (Å²) in [5.74, 6) is -0.282. The number of nitriles is 1. The highest BCUT2D eigenvalue weighted by Gasteiger charge is 2.15. The third-order valence-electron chi connectivity index (χ3n) is 3.25. The van der Waals surface area contributed by atoms with Crippen LogP contribution in [0.2, 0.25) is 5.15 Å². The van der Waals surface area contributed by atoms with Crippen LogP contribution in [0.15, 0.2) is 48.5 Å². The molecule has 1 aromatic heterocycles. The van der Waals surface area contributed by atoms with E-state index in [9.17, 15) is 9.65 Å². The van der Waals surface area contributed by atoms with Gasteiger partial charge in [0.25, 0.3) is 0 Å². The molecule has 98 valence electrons. The summed E-state index contributed by atoms with van der Waals surface area (Å²) < 4.78 is 15.1. The maximum Gasteiger partial charge on any atom is 0.128 e. The number of benzene rings is 2. The molecule has 0 unspecified atom stereocenters. The van der Waals surface area contributed by atoms with Gasteiger partial charge in [0.1, 0.15) is 17.0 Å². The molecule has 0 radical (unpaired) electrons. The van der Waals surface area contributed by atoms with Crippen LogP contribution >= 0.6 is 11.6 Å². The van der Waals surface area contributed by atoms with E-state index in [1.165, 1.54) is 12.1 Å². The fourth-order valence-corrected chi connectivity index (χ4v) is 2.65. The van der Waals surface area contributed by atoms with Gasteiger partial charge in [-0.25, -0.2) is 4.39 Å². The summed E-state index contributed by atoms with van der Waals surface area (Å²) in [6, 6.07) is 16.0. The zero-order valence-electron chi connectivity index (χ0n) is 10.5. The third-order valence-corrected chi connectivity index (χ3v) is 3.64. The third kappa shape index (κ3) is 2.04. The van der Waals surface area contributed by atoms with Crippen LogP contribution in [0.5, 0.6) is 0 Å². The van der Waals surface area contributed by atoms with Crippen molar-refractivity contribution in [1.29, 1.82) is 5.26 Å². The molecule has 20 heavy (non-hydrogen) atoms. The second-order valence-corrected chi connectivity index (χ2v) is 4.87. The van der Waals surface area contributed by atoms with Gasteiger partial charge in [-0.15, -0.1) is 0 Å². The molecule has 4 heteroatoms. The zero-order chi connectivity index (χ0) is 14.1. The molecule has 1 heterocycles. The first-order valence-electron chi connectivity index (χ1n) is 6.12. The Hall–Kier alpha value is -2.31. The van der Waals surface area contributed by atoms with Gasteiger partial charge in [-0.05, 0) is 23.8 Å². The fraction of sp³-hybridized carbons (Fsp3) is 0.0625. The molecule has 0 aliphatic carbocycles. The Morgan fingerprint density at radius 3 is 2.70 bits per heavy atom. The van der Waals surface area contributed by atoms with Crippen molar-refractivity contribution >= 4 is 22.5 Å². The molecular weight excluding hydrogens is 275 g/mol. The molecule has 0 atom stereocenters. The maximum absolute atomic E-state index is 13.3. The summed E-state index contributed by atoms with van der Waals surface area (Å²) in [4.78, 5) is 0. The molecular formula is C16H10ClFN2. The molecule has 0 bridgehead atoms. The first kappa shape index (κ1) is 12.7. The van der Waals surface area contributed by atoms with Crippen molar-refractivity contribution in [3.05, 3.63) is 70.6 Å². The Morgan fingerprint density at radius 2 is 1.95 bits per heavy atom. The smallest absolute Gasteiger partial charge is 0.128 e. The molecule has 3 rings (SSSR count). The number of para-hydroxylation sites is 1. The van der Waals surface area contributed by atoms with Gasteiger partial charge in [-0.3, -0.25) is 0 Å². The second kappa shape index (κ2) is 4.99. The Kier molecular flexibility index (Phi) is 3.17. The van der Waals surface area contributed by atoms with Gasteiger partial charge >= 0.3 is 0 Å². The molecule has 0 saturated carbocycles. The summed E-state index contributed by atoms with van der Waals surface area (Å²) >= 11 is 6.29. The van der Waals surface area contributed by atoms with Crippen molar-refractivity contribution in [3.8, 4) is 6.07 Å². The number of halogens is 2. The van der Waals surface area contributed by atoms with Crippen molar-refractivity contribution < 1.29 is 4.39 Å². The van der Waals surface area contributed by atoms with E-state index in [0.29, 0.717) is 17.3 Å². The largest absolute Gasteiger partial charge is 0.326 e. The minimum absolute atomic E-state index is 0.282. The highest BCUT2D eigenvalue weighted by Crippen LogP contribution is 2.30. The SMILES string of the molecule is N#Cc1c(Cl)n(Cc2cccc(F)c2)c2ccccc12. The highest BCUT2D eigenvalue weighted by molar-refractivity contribution is 6.32. The average Bonchev–Trinajstić information content (AvgIpc) is 2.72. The standard InChI is InChI=1S/C16H10ClFN2/c17-16-14(9-19)13-6-1-2-7-15(13)20(16)10-11-4-3-5-12(18)8-11/h1-8H,10H2. The number of hydrogen-bond acceptors (Lipinski definition) is 1. The molecule has 0 aliphatic rings. The monoisotopic (exact) mass is 284 g/mol. The summed E-state index contributed by atoms with van der Waals surface area (Å²) in [5, 5.41) is 10.4. The Balaban J connectivity index is 2.17. The van der Waals surface area contributed by atoms with Gasteiger partial charge in [0.15, 0.2) is 0 Å². The summed E-state index contributed by atoms with van der Waals surface area (Å²) in [7, 11) is 0. The quantitative estimate of drug-likeness (QED) is 0.687. The van der Waals surface area contributed by atoms with Crippen molar-refractivity contribution in [2.24, 2.45) is 0 Å².